The Morgan fingerprint density at radius 2 is 1.83 bits per heavy atom. The summed E-state index contributed by atoms with van der Waals surface area (Å²) in [6.07, 6.45) is 8.33. The van der Waals surface area contributed by atoms with E-state index in [1.807, 2.05) is 12.1 Å². The summed E-state index contributed by atoms with van der Waals surface area (Å²) < 4.78 is 0. The molecule has 0 spiro atoms. The highest BCUT2D eigenvalue weighted by molar-refractivity contribution is 5.31. The van der Waals surface area contributed by atoms with Gasteiger partial charge in [0.05, 0.1) is 0 Å². The van der Waals surface area contributed by atoms with Crippen LogP contribution in [-0.4, -0.2) is 22.6 Å². The third-order valence-electron chi connectivity index (χ3n) is 4.72. The molecule has 18 heavy (non-hydrogen) atoms. The van der Waals surface area contributed by atoms with E-state index in [1.165, 1.54) is 45.1 Å². The number of phenolic OH excluding ortho intramolecular Hbond substituents is 1. The lowest BCUT2D eigenvalue weighted by Gasteiger charge is -2.44. The molecule has 1 N–H and O–H groups in total. The summed E-state index contributed by atoms with van der Waals surface area (Å²) in [7, 11) is 0. The molecule has 1 aliphatic carbocycles. The van der Waals surface area contributed by atoms with Crippen molar-refractivity contribution in [3.63, 3.8) is 0 Å². The zero-order chi connectivity index (χ0) is 12.4. The number of nitrogens with zero attached hydrogens (tertiary/aromatic N) is 1. The number of hydrogen-bond acceptors (Lipinski definition) is 2. The van der Waals surface area contributed by atoms with E-state index in [0.29, 0.717) is 5.75 Å². The lowest BCUT2D eigenvalue weighted by atomic mass is 9.78. The lowest BCUT2D eigenvalue weighted by Crippen LogP contribution is -2.46. The Bertz CT molecular complexity index is 402. The average molecular weight is 245 g/mol. The molecule has 2 fully saturated rings. The van der Waals surface area contributed by atoms with E-state index in [9.17, 15) is 5.11 Å². The van der Waals surface area contributed by atoms with Crippen molar-refractivity contribution in [2.24, 2.45) is 5.92 Å². The van der Waals surface area contributed by atoms with Crippen LogP contribution in [0.15, 0.2) is 24.3 Å². The molecular formula is C16H23NO. The molecule has 98 valence electrons. The van der Waals surface area contributed by atoms with Gasteiger partial charge in [-0.1, -0.05) is 31.0 Å². The van der Waals surface area contributed by atoms with E-state index in [-0.39, 0.29) is 0 Å². The standard InChI is InChI=1S/C16H23NO/c18-16-10-4-2-7-14(16)12-17-11-5-8-13-6-1-3-9-15(13)17/h2,4,7,10,13,15,18H,1,3,5-6,8-9,11-12H2/t13-,15-/m0/s1. The Morgan fingerprint density at radius 3 is 2.72 bits per heavy atom. The molecule has 0 amide bonds. The monoisotopic (exact) mass is 245 g/mol. The molecule has 0 bridgehead atoms. The molecule has 2 atom stereocenters. The van der Waals surface area contributed by atoms with Gasteiger partial charge in [-0.25, -0.2) is 0 Å². The summed E-state index contributed by atoms with van der Waals surface area (Å²) in [6.45, 7) is 2.13. The first-order valence-corrected chi connectivity index (χ1v) is 7.35. The molecular weight excluding hydrogens is 222 g/mol. The number of likely N-dealkylation sites (tertiary alicyclic amines) is 1. The zero-order valence-corrected chi connectivity index (χ0v) is 11.0. The predicted octanol–water partition coefficient (Wildman–Crippen LogP) is 3.55. The Hall–Kier alpha value is -1.02. The summed E-state index contributed by atoms with van der Waals surface area (Å²) in [4.78, 5) is 2.61. The van der Waals surface area contributed by atoms with Gasteiger partial charge in [0, 0.05) is 18.2 Å². The molecule has 1 aliphatic heterocycles. The van der Waals surface area contributed by atoms with Crippen molar-refractivity contribution in [3.05, 3.63) is 29.8 Å². The fourth-order valence-corrected chi connectivity index (χ4v) is 3.79. The quantitative estimate of drug-likeness (QED) is 0.861. The van der Waals surface area contributed by atoms with Crippen LogP contribution in [0.25, 0.3) is 0 Å². The van der Waals surface area contributed by atoms with Gasteiger partial charge in [0.2, 0.25) is 0 Å². The first-order valence-electron chi connectivity index (χ1n) is 7.35. The Labute approximate surface area is 110 Å². The smallest absolute Gasteiger partial charge is 0.120 e. The molecule has 1 aromatic rings. The maximum Gasteiger partial charge on any atom is 0.120 e. The fourth-order valence-electron chi connectivity index (χ4n) is 3.79. The van der Waals surface area contributed by atoms with Crippen molar-refractivity contribution >= 4 is 0 Å². The van der Waals surface area contributed by atoms with Crippen LogP contribution in [0, 0.1) is 5.92 Å². The van der Waals surface area contributed by atoms with Crippen LogP contribution in [0.3, 0.4) is 0 Å². The molecule has 1 aromatic carbocycles. The van der Waals surface area contributed by atoms with Gasteiger partial charge in [-0.2, -0.15) is 0 Å². The van der Waals surface area contributed by atoms with Gasteiger partial charge in [0.15, 0.2) is 0 Å². The van der Waals surface area contributed by atoms with Crippen LogP contribution < -0.4 is 0 Å². The summed E-state index contributed by atoms with van der Waals surface area (Å²) in [5.41, 5.74) is 1.09. The van der Waals surface area contributed by atoms with Crippen LogP contribution in [-0.2, 0) is 6.54 Å². The van der Waals surface area contributed by atoms with Gasteiger partial charge in [-0.05, 0) is 44.2 Å². The zero-order valence-electron chi connectivity index (χ0n) is 11.0. The number of benzene rings is 1. The Morgan fingerprint density at radius 1 is 1.06 bits per heavy atom. The number of rotatable bonds is 2. The van der Waals surface area contributed by atoms with E-state index in [2.05, 4.69) is 11.0 Å². The predicted molar refractivity (Wildman–Crippen MR) is 73.5 cm³/mol. The van der Waals surface area contributed by atoms with Crippen LogP contribution in [0.4, 0.5) is 0 Å². The van der Waals surface area contributed by atoms with Gasteiger partial charge >= 0.3 is 0 Å². The third-order valence-corrected chi connectivity index (χ3v) is 4.72. The molecule has 2 heteroatoms. The second kappa shape index (κ2) is 5.31. The molecule has 1 heterocycles. The van der Waals surface area contributed by atoms with Crippen molar-refractivity contribution in [1.82, 2.24) is 4.90 Å². The van der Waals surface area contributed by atoms with Crippen LogP contribution in [0.5, 0.6) is 5.75 Å². The summed E-state index contributed by atoms with van der Waals surface area (Å²) in [6, 6.07) is 8.56. The van der Waals surface area contributed by atoms with Crippen LogP contribution >= 0.6 is 0 Å². The minimum Gasteiger partial charge on any atom is -0.508 e. The number of fused-ring (bicyclic) bond motifs is 1. The van der Waals surface area contributed by atoms with E-state index in [1.54, 1.807) is 6.07 Å². The second-order valence-electron chi connectivity index (χ2n) is 5.85. The van der Waals surface area contributed by atoms with Crippen molar-refractivity contribution in [2.75, 3.05) is 6.54 Å². The molecule has 2 nitrogen and oxygen atoms in total. The highest BCUT2D eigenvalue weighted by Crippen LogP contribution is 2.36. The topological polar surface area (TPSA) is 23.5 Å². The van der Waals surface area contributed by atoms with Crippen molar-refractivity contribution in [1.29, 1.82) is 0 Å². The lowest BCUT2D eigenvalue weighted by molar-refractivity contribution is 0.0541. The molecule has 0 unspecified atom stereocenters. The number of piperidine rings is 1. The van der Waals surface area contributed by atoms with E-state index in [0.717, 1.165) is 24.1 Å². The largest absolute Gasteiger partial charge is 0.508 e. The van der Waals surface area contributed by atoms with E-state index >= 15 is 0 Å². The van der Waals surface area contributed by atoms with Crippen LogP contribution in [0.1, 0.15) is 44.1 Å². The first kappa shape index (κ1) is 12.0. The van der Waals surface area contributed by atoms with Gasteiger partial charge < -0.3 is 5.11 Å². The van der Waals surface area contributed by atoms with Gasteiger partial charge in [-0.3, -0.25) is 4.90 Å². The summed E-state index contributed by atoms with van der Waals surface area (Å²) >= 11 is 0. The SMILES string of the molecule is Oc1ccccc1CN1CCC[C@@H]2CCCC[C@@H]21. The number of para-hydroxylation sites is 1. The minimum absolute atomic E-state index is 0.454. The van der Waals surface area contributed by atoms with Gasteiger partial charge in [0.25, 0.3) is 0 Å². The van der Waals surface area contributed by atoms with Crippen molar-refractivity contribution in [2.45, 2.75) is 51.1 Å². The fraction of sp³-hybridized carbons (Fsp3) is 0.625. The van der Waals surface area contributed by atoms with Gasteiger partial charge in [0.1, 0.15) is 5.75 Å². The van der Waals surface area contributed by atoms with E-state index < -0.39 is 0 Å². The highest BCUT2D eigenvalue weighted by Gasteiger charge is 2.33. The van der Waals surface area contributed by atoms with Crippen LogP contribution in [0.2, 0.25) is 0 Å². The molecule has 0 aromatic heterocycles. The molecule has 1 saturated heterocycles. The molecule has 0 radical (unpaired) electrons. The number of hydrogen-bond donors (Lipinski definition) is 1. The Kier molecular flexibility index (Phi) is 3.55. The number of aromatic hydroxyl groups is 1. The molecule has 3 rings (SSSR count). The van der Waals surface area contributed by atoms with E-state index in [4.69, 9.17) is 0 Å². The maximum absolute atomic E-state index is 9.91. The second-order valence-corrected chi connectivity index (χ2v) is 5.85. The third kappa shape index (κ3) is 2.39. The average Bonchev–Trinajstić information content (AvgIpc) is 2.42. The first-order chi connectivity index (χ1) is 8.84. The summed E-state index contributed by atoms with van der Waals surface area (Å²) in [5.74, 6) is 1.37. The number of phenols is 1. The Balaban J connectivity index is 1.73. The summed E-state index contributed by atoms with van der Waals surface area (Å²) in [5, 5.41) is 9.91. The maximum atomic E-state index is 9.91. The molecule has 2 aliphatic rings. The minimum atomic E-state index is 0.454. The van der Waals surface area contributed by atoms with Crippen molar-refractivity contribution < 1.29 is 5.11 Å². The normalized spacial score (nSPS) is 28.9. The highest BCUT2D eigenvalue weighted by atomic mass is 16.3. The molecule has 1 saturated carbocycles. The van der Waals surface area contributed by atoms with Gasteiger partial charge in [-0.15, -0.1) is 0 Å². The van der Waals surface area contributed by atoms with Crippen molar-refractivity contribution in [3.8, 4) is 5.75 Å².